The predicted octanol–water partition coefficient (Wildman–Crippen LogP) is 3.21. The van der Waals surface area contributed by atoms with Crippen LogP contribution in [-0.4, -0.2) is 45.2 Å². The molecule has 1 saturated heterocycles. The van der Waals surface area contributed by atoms with Gasteiger partial charge in [0.05, 0.1) is 11.8 Å². The highest BCUT2D eigenvalue weighted by Crippen LogP contribution is 2.34. The first-order valence-corrected chi connectivity index (χ1v) is 8.42. The van der Waals surface area contributed by atoms with Crippen molar-refractivity contribution in [2.75, 3.05) is 18.0 Å². The Bertz CT molecular complexity index is 728. The van der Waals surface area contributed by atoms with E-state index in [1.54, 1.807) is 6.07 Å². The van der Waals surface area contributed by atoms with Crippen LogP contribution in [0.15, 0.2) is 6.07 Å². The summed E-state index contributed by atoms with van der Waals surface area (Å²) >= 11 is 7.90. The van der Waals surface area contributed by atoms with Gasteiger partial charge in [-0.05, 0) is 35.4 Å². The number of pyridine rings is 1. The van der Waals surface area contributed by atoms with E-state index in [-0.39, 0.29) is 11.3 Å². The molecule has 2 aromatic rings. The van der Waals surface area contributed by atoms with Crippen LogP contribution < -0.4 is 4.90 Å². The molecule has 0 spiro atoms. The standard InChI is InChI=1S/C13H13ClF3IN4O/c14-9-5-8(21-3-1-7(23)2-4-21)11-10(19-9)12(18)20-22(11)6-13(15,16)17/h5,7,23H,1-4,6H2. The molecule has 0 aliphatic carbocycles. The van der Waals surface area contributed by atoms with Gasteiger partial charge in [0.25, 0.3) is 0 Å². The number of piperidine rings is 1. The lowest BCUT2D eigenvalue weighted by molar-refractivity contribution is -0.141. The van der Waals surface area contributed by atoms with Crippen molar-refractivity contribution < 1.29 is 18.3 Å². The summed E-state index contributed by atoms with van der Waals surface area (Å²) < 4.78 is 39.8. The molecule has 1 fully saturated rings. The monoisotopic (exact) mass is 460 g/mol. The fraction of sp³-hybridized carbons (Fsp3) is 0.538. The van der Waals surface area contributed by atoms with Crippen LogP contribution in [0.4, 0.5) is 18.9 Å². The third-order valence-electron chi connectivity index (χ3n) is 3.74. The van der Waals surface area contributed by atoms with E-state index >= 15 is 0 Å². The largest absolute Gasteiger partial charge is 0.408 e. The zero-order valence-electron chi connectivity index (χ0n) is 11.8. The molecule has 3 rings (SSSR count). The Hall–Kier alpha value is -0.810. The maximum absolute atomic E-state index is 12.8. The average Bonchev–Trinajstić information content (AvgIpc) is 2.73. The van der Waals surface area contributed by atoms with E-state index in [0.717, 1.165) is 4.68 Å². The normalized spacial score (nSPS) is 17.2. The summed E-state index contributed by atoms with van der Waals surface area (Å²) in [5.41, 5.74) is 1.27. The Kier molecular flexibility index (Phi) is 4.62. The van der Waals surface area contributed by atoms with Crippen LogP contribution in [0.3, 0.4) is 0 Å². The highest BCUT2D eigenvalue weighted by Gasteiger charge is 2.31. The number of aliphatic hydroxyl groups excluding tert-OH is 1. The Balaban J connectivity index is 2.12. The summed E-state index contributed by atoms with van der Waals surface area (Å²) in [6.45, 7) is -0.0892. The van der Waals surface area contributed by atoms with Gasteiger partial charge in [0, 0.05) is 19.2 Å². The predicted molar refractivity (Wildman–Crippen MR) is 88.8 cm³/mol. The molecule has 5 nitrogen and oxygen atoms in total. The number of anilines is 1. The molecule has 1 aliphatic rings. The average molecular weight is 461 g/mol. The van der Waals surface area contributed by atoms with E-state index in [4.69, 9.17) is 11.6 Å². The van der Waals surface area contributed by atoms with Crippen molar-refractivity contribution in [3.05, 3.63) is 14.9 Å². The third-order valence-corrected chi connectivity index (χ3v) is 4.66. The zero-order chi connectivity index (χ0) is 16.8. The summed E-state index contributed by atoms with van der Waals surface area (Å²) in [7, 11) is 0. The van der Waals surface area contributed by atoms with Crippen LogP contribution in [0.2, 0.25) is 5.15 Å². The minimum atomic E-state index is -4.38. The Morgan fingerprint density at radius 3 is 2.61 bits per heavy atom. The summed E-state index contributed by atoms with van der Waals surface area (Å²) in [6.07, 6.45) is -3.63. The molecule has 126 valence electrons. The first-order chi connectivity index (χ1) is 10.7. The van der Waals surface area contributed by atoms with Gasteiger partial charge >= 0.3 is 6.18 Å². The quantitative estimate of drug-likeness (QED) is 0.552. The second kappa shape index (κ2) is 6.25. The zero-order valence-corrected chi connectivity index (χ0v) is 14.7. The van der Waals surface area contributed by atoms with E-state index in [2.05, 4.69) is 10.1 Å². The second-order valence-corrected chi connectivity index (χ2v) is 6.85. The first kappa shape index (κ1) is 17.0. The molecule has 3 heterocycles. The van der Waals surface area contributed by atoms with Gasteiger partial charge < -0.3 is 10.0 Å². The van der Waals surface area contributed by atoms with Crippen molar-refractivity contribution in [2.24, 2.45) is 0 Å². The fourth-order valence-electron chi connectivity index (χ4n) is 2.73. The molecular weight excluding hydrogens is 448 g/mol. The fourth-order valence-corrected chi connectivity index (χ4v) is 3.55. The molecule has 0 aromatic carbocycles. The molecule has 0 radical (unpaired) electrons. The lowest BCUT2D eigenvalue weighted by Gasteiger charge is -2.32. The van der Waals surface area contributed by atoms with E-state index in [1.165, 1.54) is 0 Å². The number of rotatable bonds is 2. The van der Waals surface area contributed by atoms with Gasteiger partial charge in [0.15, 0.2) is 0 Å². The number of halogens is 5. The van der Waals surface area contributed by atoms with Crippen LogP contribution in [0.25, 0.3) is 11.0 Å². The first-order valence-electron chi connectivity index (χ1n) is 6.97. The maximum Gasteiger partial charge on any atom is 0.408 e. The van der Waals surface area contributed by atoms with Crippen molar-refractivity contribution in [2.45, 2.75) is 31.7 Å². The van der Waals surface area contributed by atoms with Crippen molar-refractivity contribution in [3.8, 4) is 0 Å². The molecule has 0 saturated carbocycles. The molecule has 0 unspecified atom stereocenters. The number of fused-ring (bicyclic) bond motifs is 1. The van der Waals surface area contributed by atoms with E-state index in [0.29, 0.717) is 46.4 Å². The van der Waals surface area contributed by atoms with Gasteiger partial charge in [-0.25, -0.2) is 4.98 Å². The van der Waals surface area contributed by atoms with Crippen molar-refractivity contribution in [3.63, 3.8) is 0 Å². The number of aromatic nitrogens is 3. The van der Waals surface area contributed by atoms with Crippen LogP contribution >= 0.6 is 34.2 Å². The van der Waals surface area contributed by atoms with Crippen LogP contribution in [-0.2, 0) is 6.54 Å². The van der Waals surface area contributed by atoms with Gasteiger partial charge in [-0.1, -0.05) is 11.6 Å². The van der Waals surface area contributed by atoms with Crippen molar-refractivity contribution in [1.82, 2.24) is 14.8 Å². The topological polar surface area (TPSA) is 54.2 Å². The van der Waals surface area contributed by atoms with Gasteiger partial charge in [-0.15, -0.1) is 0 Å². The molecule has 1 N–H and O–H groups in total. The smallest absolute Gasteiger partial charge is 0.393 e. The molecular formula is C13H13ClF3IN4O. The van der Waals surface area contributed by atoms with E-state index < -0.39 is 12.7 Å². The summed E-state index contributed by atoms with van der Waals surface area (Å²) in [4.78, 5) is 6.05. The van der Waals surface area contributed by atoms with Gasteiger partial charge in [0.2, 0.25) is 0 Å². The summed E-state index contributed by atoms with van der Waals surface area (Å²) in [5, 5.41) is 13.8. The Morgan fingerprint density at radius 2 is 2.00 bits per heavy atom. The SMILES string of the molecule is OC1CCN(c2cc(Cl)nc3c(I)nn(CC(F)(F)F)c23)CC1. The lowest BCUT2D eigenvalue weighted by Crippen LogP contribution is -2.36. The molecule has 0 bridgehead atoms. The molecule has 10 heteroatoms. The molecule has 2 aromatic heterocycles. The minimum Gasteiger partial charge on any atom is -0.393 e. The Labute approximate surface area is 148 Å². The van der Waals surface area contributed by atoms with E-state index in [9.17, 15) is 18.3 Å². The molecule has 1 aliphatic heterocycles. The molecule has 23 heavy (non-hydrogen) atoms. The lowest BCUT2D eigenvalue weighted by atomic mass is 10.1. The van der Waals surface area contributed by atoms with Gasteiger partial charge in [0.1, 0.15) is 26.4 Å². The maximum atomic E-state index is 12.8. The highest BCUT2D eigenvalue weighted by molar-refractivity contribution is 14.1. The third kappa shape index (κ3) is 3.66. The van der Waals surface area contributed by atoms with E-state index in [1.807, 2.05) is 27.5 Å². The molecule has 0 amide bonds. The van der Waals surface area contributed by atoms with Crippen molar-refractivity contribution >= 4 is 50.9 Å². The highest BCUT2D eigenvalue weighted by atomic mass is 127. The minimum absolute atomic E-state index is 0.211. The second-order valence-electron chi connectivity index (χ2n) is 5.44. The Morgan fingerprint density at radius 1 is 1.35 bits per heavy atom. The van der Waals surface area contributed by atoms with Gasteiger partial charge in [-0.2, -0.15) is 18.3 Å². The number of hydrogen-bond donors (Lipinski definition) is 1. The number of aliphatic hydroxyl groups is 1. The van der Waals surface area contributed by atoms with Gasteiger partial charge in [-0.3, -0.25) is 4.68 Å². The van der Waals surface area contributed by atoms with Crippen LogP contribution in [0, 0.1) is 3.70 Å². The summed E-state index contributed by atoms with van der Waals surface area (Å²) in [6, 6.07) is 1.56. The van der Waals surface area contributed by atoms with Crippen molar-refractivity contribution in [1.29, 1.82) is 0 Å². The molecule has 0 atom stereocenters. The van der Waals surface area contributed by atoms with Crippen LogP contribution in [0.5, 0.6) is 0 Å². The summed E-state index contributed by atoms with van der Waals surface area (Å²) in [5.74, 6) is 0. The number of alkyl halides is 3. The number of hydrogen-bond acceptors (Lipinski definition) is 4. The number of nitrogens with zero attached hydrogens (tertiary/aromatic N) is 4. The van der Waals surface area contributed by atoms with Crippen LogP contribution in [0.1, 0.15) is 12.8 Å².